The van der Waals surface area contributed by atoms with Crippen molar-refractivity contribution in [1.29, 1.82) is 0 Å². The molecule has 6 nitrogen and oxygen atoms in total. The summed E-state index contributed by atoms with van der Waals surface area (Å²) in [5.41, 5.74) is 0.665. The molecule has 126 valence electrons. The van der Waals surface area contributed by atoms with E-state index >= 15 is 0 Å². The van der Waals surface area contributed by atoms with Gasteiger partial charge in [-0.25, -0.2) is 0 Å². The summed E-state index contributed by atoms with van der Waals surface area (Å²) in [6.07, 6.45) is 5.90. The highest BCUT2D eigenvalue weighted by Crippen LogP contribution is 2.28. The summed E-state index contributed by atoms with van der Waals surface area (Å²) < 4.78 is 5.54. The lowest BCUT2D eigenvalue weighted by Gasteiger charge is -2.20. The van der Waals surface area contributed by atoms with Gasteiger partial charge in [-0.15, -0.1) is 0 Å². The lowest BCUT2D eigenvalue weighted by Crippen LogP contribution is -2.42. The highest BCUT2D eigenvalue weighted by Gasteiger charge is 2.23. The first-order valence-electron chi connectivity index (χ1n) is 8.19. The second-order valence-electron chi connectivity index (χ2n) is 6.19. The molecule has 1 aromatic carbocycles. The number of benzene rings is 1. The maximum Gasteiger partial charge on any atom is 0.311 e. The lowest BCUT2D eigenvalue weighted by atomic mass is 10.1. The van der Waals surface area contributed by atoms with E-state index < -0.39 is 11.0 Å². The predicted octanol–water partition coefficient (Wildman–Crippen LogP) is 3.51. The molecule has 0 bridgehead atoms. The third-order valence-corrected chi connectivity index (χ3v) is 4.19. The Kier molecular flexibility index (Phi) is 5.96. The number of ether oxygens (including phenoxy) is 1. The standard InChI is InChI=1S/C17H24N2O4/c1-12-9-10-16(15(11-12)19(21)22)23-13(2)17(20)18-14-7-5-3-4-6-8-14/h9-11,13-14H,3-8H2,1-2H3,(H,18,20)/t13-/m1/s1. The van der Waals surface area contributed by atoms with Crippen LogP contribution in [-0.4, -0.2) is 23.0 Å². The Balaban J connectivity index is 1.99. The number of aryl methyl sites for hydroxylation is 1. The number of nitrogens with one attached hydrogen (secondary N) is 1. The predicted molar refractivity (Wildman–Crippen MR) is 87.6 cm³/mol. The first-order chi connectivity index (χ1) is 11.0. The maximum absolute atomic E-state index is 12.3. The average Bonchev–Trinajstić information content (AvgIpc) is 2.77. The van der Waals surface area contributed by atoms with Gasteiger partial charge >= 0.3 is 5.69 Å². The van der Waals surface area contributed by atoms with Crippen LogP contribution in [0.2, 0.25) is 0 Å². The first-order valence-corrected chi connectivity index (χ1v) is 8.19. The van der Waals surface area contributed by atoms with E-state index in [2.05, 4.69) is 5.32 Å². The zero-order chi connectivity index (χ0) is 16.8. The van der Waals surface area contributed by atoms with Crippen molar-refractivity contribution in [2.75, 3.05) is 0 Å². The van der Waals surface area contributed by atoms with Crippen molar-refractivity contribution in [2.45, 2.75) is 64.5 Å². The molecule has 1 atom stereocenters. The third kappa shape index (κ3) is 4.94. The van der Waals surface area contributed by atoms with Crippen LogP contribution in [0.5, 0.6) is 5.75 Å². The monoisotopic (exact) mass is 320 g/mol. The molecule has 1 amide bonds. The second kappa shape index (κ2) is 7.94. The van der Waals surface area contributed by atoms with Gasteiger partial charge in [-0.05, 0) is 38.3 Å². The molecule has 6 heteroatoms. The fraction of sp³-hybridized carbons (Fsp3) is 0.588. The Morgan fingerprint density at radius 2 is 1.96 bits per heavy atom. The van der Waals surface area contributed by atoms with Crippen molar-refractivity contribution in [1.82, 2.24) is 5.32 Å². The molecule has 0 saturated heterocycles. The van der Waals surface area contributed by atoms with Gasteiger partial charge in [0.25, 0.3) is 5.91 Å². The number of nitro benzene ring substituents is 1. The number of rotatable bonds is 5. The highest BCUT2D eigenvalue weighted by molar-refractivity contribution is 5.81. The van der Waals surface area contributed by atoms with Crippen LogP contribution < -0.4 is 10.1 Å². The molecule has 0 radical (unpaired) electrons. The van der Waals surface area contributed by atoms with Gasteiger partial charge in [0.2, 0.25) is 0 Å². The van der Waals surface area contributed by atoms with Gasteiger partial charge in [0.05, 0.1) is 4.92 Å². The Labute approximate surface area is 136 Å². The Morgan fingerprint density at radius 3 is 2.57 bits per heavy atom. The van der Waals surface area contributed by atoms with Crippen LogP contribution in [0.15, 0.2) is 18.2 Å². The van der Waals surface area contributed by atoms with Crippen LogP contribution >= 0.6 is 0 Å². The smallest absolute Gasteiger partial charge is 0.311 e. The molecule has 1 fully saturated rings. The van der Waals surface area contributed by atoms with Crippen molar-refractivity contribution in [3.05, 3.63) is 33.9 Å². The third-order valence-electron chi connectivity index (χ3n) is 4.19. The molecular formula is C17H24N2O4. The lowest BCUT2D eigenvalue weighted by molar-refractivity contribution is -0.386. The normalized spacial score (nSPS) is 17.1. The highest BCUT2D eigenvalue weighted by atomic mass is 16.6. The van der Waals surface area contributed by atoms with E-state index in [0.717, 1.165) is 31.2 Å². The number of amides is 1. The topological polar surface area (TPSA) is 81.5 Å². The summed E-state index contributed by atoms with van der Waals surface area (Å²) in [6.45, 7) is 3.40. The van der Waals surface area contributed by atoms with Crippen LogP contribution in [0, 0.1) is 17.0 Å². The largest absolute Gasteiger partial charge is 0.474 e. The molecule has 23 heavy (non-hydrogen) atoms. The zero-order valence-corrected chi connectivity index (χ0v) is 13.7. The van der Waals surface area contributed by atoms with Gasteiger partial charge < -0.3 is 10.1 Å². The number of hydrogen-bond donors (Lipinski definition) is 1. The summed E-state index contributed by atoms with van der Waals surface area (Å²) in [5, 5.41) is 14.1. The van der Waals surface area contributed by atoms with Crippen LogP contribution in [-0.2, 0) is 4.79 Å². The van der Waals surface area contributed by atoms with E-state index in [1.54, 1.807) is 26.0 Å². The fourth-order valence-corrected chi connectivity index (χ4v) is 2.86. The quantitative estimate of drug-likeness (QED) is 0.511. The van der Waals surface area contributed by atoms with Gasteiger partial charge in [-0.2, -0.15) is 0 Å². The van der Waals surface area contributed by atoms with E-state index in [0.29, 0.717) is 0 Å². The Bertz CT molecular complexity index is 566. The van der Waals surface area contributed by atoms with Crippen molar-refractivity contribution in [3.8, 4) is 5.75 Å². The molecule has 1 aliphatic rings. The van der Waals surface area contributed by atoms with Gasteiger partial charge in [-0.3, -0.25) is 14.9 Å². The van der Waals surface area contributed by atoms with Crippen LogP contribution in [0.25, 0.3) is 0 Å². The molecule has 1 aliphatic carbocycles. The summed E-state index contributed by atoms with van der Waals surface area (Å²) in [7, 11) is 0. The minimum absolute atomic E-state index is 0.112. The summed E-state index contributed by atoms with van der Waals surface area (Å²) in [6, 6.07) is 4.91. The fourth-order valence-electron chi connectivity index (χ4n) is 2.86. The van der Waals surface area contributed by atoms with E-state index in [1.807, 2.05) is 0 Å². The molecule has 1 saturated carbocycles. The molecule has 2 rings (SSSR count). The Hall–Kier alpha value is -2.11. The van der Waals surface area contributed by atoms with Crippen molar-refractivity contribution >= 4 is 11.6 Å². The van der Waals surface area contributed by atoms with Crippen molar-refractivity contribution in [3.63, 3.8) is 0 Å². The van der Waals surface area contributed by atoms with E-state index in [1.165, 1.54) is 18.9 Å². The number of nitro groups is 1. The molecule has 1 aromatic rings. The van der Waals surface area contributed by atoms with Crippen molar-refractivity contribution in [2.24, 2.45) is 0 Å². The SMILES string of the molecule is Cc1ccc(O[C@H](C)C(=O)NC2CCCCCC2)c([N+](=O)[O-])c1. The zero-order valence-electron chi connectivity index (χ0n) is 13.7. The summed E-state index contributed by atoms with van der Waals surface area (Å²) >= 11 is 0. The summed E-state index contributed by atoms with van der Waals surface area (Å²) in [4.78, 5) is 22.9. The Morgan fingerprint density at radius 1 is 1.30 bits per heavy atom. The minimum Gasteiger partial charge on any atom is -0.474 e. The first kappa shape index (κ1) is 17.2. The van der Waals surface area contributed by atoms with Gasteiger partial charge in [0.15, 0.2) is 11.9 Å². The van der Waals surface area contributed by atoms with Gasteiger partial charge in [-0.1, -0.05) is 31.7 Å². The van der Waals surface area contributed by atoms with Crippen molar-refractivity contribution < 1.29 is 14.5 Å². The molecular weight excluding hydrogens is 296 g/mol. The van der Waals surface area contributed by atoms with Crippen LogP contribution in [0.4, 0.5) is 5.69 Å². The van der Waals surface area contributed by atoms with E-state index in [4.69, 9.17) is 4.74 Å². The molecule has 0 heterocycles. The number of hydrogen-bond acceptors (Lipinski definition) is 4. The maximum atomic E-state index is 12.3. The second-order valence-corrected chi connectivity index (χ2v) is 6.19. The average molecular weight is 320 g/mol. The number of nitrogens with zero attached hydrogens (tertiary/aromatic N) is 1. The molecule has 0 unspecified atom stereocenters. The number of carbonyl (C=O) groups excluding carboxylic acids is 1. The molecule has 0 spiro atoms. The van der Waals surface area contributed by atoms with Gasteiger partial charge in [0.1, 0.15) is 0 Å². The van der Waals surface area contributed by atoms with E-state index in [-0.39, 0.29) is 23.4 Å². The molecule has 1 N–H and O–H groups in total. The van der Waals surface area contributed by atoms with Crippen LogP contribution in [0.1, 0.15) is 51.0 Å². The molecule has 0 aromatic heterocycles. The molecule has 0 aliphatic heterocycles. The van der Waals surface area contributed by atoms with Crippen LogP contribution in [0.3, 0.4) is 0 Å². The van der Waals surface area contributed by atoms with Gasteiger partial charge in [0, 0.05) is 12.1 Å². The summed E-state index contributed by atoms with van der Waals surface area (Å²) in [5.74, 6) is -0.0871. The minimum atomic E-state index is -0.764. The number of carbonyl (C=O) groups is 1. The van der Waals surface area contributed by atoms with E-state index in [9.17, 15) is 14.9 Å².